The number of nitrogens with one attached hydrogen (secondary N) is 1. The van der Waals surface area contributed by atoms with Gasteiger partial charge in [0.2, 0.25) is 0 Å². The highest BCUT2D eigenvalue weighted by Gasteiger charge is 2.38. The van der Waals surface area contributed by atoms with Gasteiger partial charge >= 0.3 is 0 Å². The number of carbonyl (C=O) groups is 1. The molecule has 156 valence electrons. The first-order valence-electron chi connectivity index (χ1n) is 10.1. The Morgan fingerprint density at radius 3 is 2.65 bits per heavy atom. The molecular formula is C25H24N4O2. The van der Waals surface area contributed by atoms with Crippen molar-refractivity contribution in [3.05, 3.63) is 77.0 Å². The first-order chi connectivity index (χ1) is 14.8. The fourth-order valence-corrected chi connectivity index (χ4v) is 3.87. The zero-order valence-corrected chi connectivity index (χ0v) is 17.8. The lowest BCUT2D eigenvalue weighted by Gasteiger charge is -2.45. The number of anilines is 2. The number of aryl methyl sites for hydroxylation is 2. The Balaban J connectivity index is 1.61. The van der Waals surface area contributed by atoms with Crippen LogP contribution in [0.25, 0.3) is 11.1 Å². The van der Waals surface area contributed by atoms with Crippen LogP contribution in [0.4, 0.5) is 11.5 Å². The molecule has 0 unspecified atom stereocenters. The number of rotatable bonds is 4. The molecule has 0 radical (unpaired) electrons. The van der Waals surface area contributed by atoms with E-state index in [2.05, 4.69) is 16.4 Å². The number of pyridine rings is 1. The fourth-order valence-electron chi connectivity index (χ4n) is 3.87. The molecule has 31 heavy (non-hydrogen) atoms. The number of carbonyl (C=O) groups excluding carboxylic acids is 1. The van der Waals surface area contributed by atoms with Gasteiger partial charge in [0.25, 0.3) is 5.91 Å². The summed E-state index contributed by atoms with van der Waals surface area (Å²) in [7, 11) is 0. The summed E-state index contributed by atoms with van der Waals surface area (Å²) in [6.45, 7) is 6.60. The Morgan fingerprint density at radius 2 is 1.97 bits per heavy atom. The lowest BCUT2D eigenvalue weighted by Crippen LogP contribution is -2.60. The average Bonchev–Trinajstić information content (AvgIpc) is 2.73. The Morgan fingerprint density at radius 1 is 1.19 bits per heavy atom. The third-order valence-corrected chi connectivity index (χ3v) is 5.44. The van der Waals surface area contributed by atoms with Crippen LogP contribution in [0, 0.1) is 25.2 Å². The van der Waals surface area contributed by atoms with Crippen LogP contribution in [0.15, 0.2) is 54.7 Å². The Labute approximate surface area is 181 Å². The van der Waals surface area contributed by atoms with E-state index in [0.29, 0.717) is 35.7 Å². The Kier molecular flexibility index (Phi) is 5.22. The predicted molar refractivity (Wildman–Crippen MR) is 121 cm³/mol. The van der Waals surface area contributed by atoms with Crippen LogP contribution in [0.2, 0.25) is 0 Å². The van der Waals surface area contributed by atoms with E-state index in [-0.39, 0.29) is 5.91 Å². The molecule has 6 heteroatoms. The van der Waals surface area contributed by atoms with Gasteiger partial charge in [-0.15, -0.1) is 0 Å². The number of nitrogens with zero attached hydrogens (tertiary/aromatic N) is 3. The molecule has 0 atom stereocenters. The van der Waals surface area contributed by atoms with Gasteiger partial charge < -0.3 is 15.3 Å². The molecule has 2 N–H and O–H groups in total. The molecule has 3 aromatic rings. The summed E-state index contributed by atoms with van der Waals surface area (Å²) >= 11 is 0. The molecule has 2 aromatic carbocycles. The van der Waals surface area contributed by atoms with E-state index in [4.69, 9.17) is 0 Å². The highest BCUT2D eigenvalue weighted by molar-refractivity contribution is 6.04. The minimum Gasteiger partial charge on any atom is -0.386 e. The maximum Gasteiger partial charge on any atom is 0.255 e. The van der Waals surface area contributed by atoms with Crippen LogP contribution < -0.4 is 10.2 Å². The lowest BCUT2D eigenvalue weighted by atomic mass is 9.95. The number of hydrogen-bond acceptors (Lipinski definition) is 5. The van der Waals surface area contributed by atoms with Crippen LogP contribution in [0.3, 0.4) is 0 Å². The van der Waals surface area contributed by atoms with E-state index < -0.39 is 5.60 Å². The molecule has 6 nitrogen and oxygen atoms in total. The standard InChI is InChI=1S/C25H24N4O2/c1-16-5-4-6-18(9-16)24(30)28-21-8-7-17(2)22(11-21)20-10-19(12-26)23(27-13-20)29-14-25(3,31)15-29/h4-11,13,31H,14-15H2,1-3H3,(H,28,30). The predicted octanol–water partition coefficient (Wildman–Crippen LogP) is 4.06. The molecule has 0 bridgehead atoms. The quantitative estimate of drug-likeness (QED) is 0.675. The number of β-amino-alcohol motifs (C(OH)–C–C–N with tert-alkyl or cyclic N) is 1. The molecule has 0 aliphatic carbocycles. The summed E-state index contributed by atoms with van der Waals surface area (Å²) in [6, 6.07) is 17.2. The van der Waals surface area contributed by atoms with Crippen LogP contribution in [0.1, 0.15) is 34.0 Å². The minimum atomic E-state index is -0.743. The van der Waals surface area contributed by atoms with E-state index in [0.717, 1.165) is 22.3 Å². The van der Waals surface area contributed by atoms with Gasteiger partial charge in [0, 0.05) is 36.1 Å². The molecule has 1 saturated heterocycles. The maximum atomic E-state index is 12.6. The summed E-state index contributed by atoms with van der Waals surface area (Å²) in [6.07, 6.45) is 1.73. The molecule has 1 aliphatic rings. The smallest absolute Gasteiger partial charge is 0.255 e. The third kappa shape index (κ3) is 4.27. The van der Waals surface area contributed by atoms with Crippen molar-refractivity contribution in [2.24, 2.45) is 0 Å². The van der Waals surface area contributed by atoms with Crippen LogP contribution in [0.5, 0.6) is 0 Å². The second-order valence-corrected chi connectivity index (χ2v) is 8.41. The number of amides is 1. The number of aliphatic hydroxyl groups is 1. The molecule has 1 aliphatic heterocycles. The van der Waals surface area contributed by atoms with Gasteiger partial charge in [-0.3, -0.25) is 4.79 Å². The summed E-state index contributed by atoms with van der Waals surface area (Å²) in [5.74, 6) is 0.411. The first-order valence-corrected chi connectivity index (χ1v) is 10.1. The number of benzene rings is 2. The molecular weight excluding hydrogens is 388 g/mol. The van der Waals surface area contributed by atoms with Crippen molar-refractivity contribution in [3.8, 4) is 17.2 Å². The van der Waals surface area contributed by atoms with E-state index in [1.165, 1.54) is 0 Å². The Bertz CT molecular complexity index is 1200. The summed E-state index contributed by atoms with van der Waals surface area (Å²) in [5, 5.41) is 22.6. The van der Waals surface area contributed by atoms with Crippen molar-refractivity contribution in [1.82, 2.24) is 4.98 Å². The normalized spacial score (nSPS) is 14.5. The number of hydrogen-bond donors (Lipinski definition) is 2. The van der Waals surface area contributed by atoms with Crippen LogP contribution >= 0.6 is 0 Å². The average molecular weight is 412 g/mol. The topological polar surface area (TPSA) is 89.2 Å². The van der Waals surface area contributed by atoms with Crippen LogP contribution in [-0.2, 0) is 0 Å². The molecule has 0 saturated carbocycles. The summed E-state index contributed by atoms with van der Waals surface area (Å²) in [4.78, 5) is 19.0. The van der Waals surface area contributed by atoms with Gasteiger partial charge in [0.15, 0.2) is 0 Å². The summed E-state index contributed by atoms with van der Waals surface area (Å²) in [5.41, 5.74) is 4.73. The highest BCUT2D eigenvalue weighted by Crippen LogP contribution is 2.32. The second kappa shape index (κ2) is 7.86. The first kappa shape index (κ1) is 20.6. The zero-order chi connectivity index (χ0) is 22.2. The van der Waals surface area contributed by atoms with Gasteiger partial charge in [-0.2, -0.15) is 5.26 Å². The van der Waals surface area contributed by atoms with Gasteiger partial charge in [0.1, 0.15) is 11.9 Å². The third-order valence-electron chi connectivity index (χ3n) is 5.44. The van der Waals surface area contributed by atoms with Crippen molar-refractivity contribution in [2.75, 3.05) is 23.3 Å². The van der Waals surface area contributed by atoms with Gasteiger partial charge in [0.05, 0.1) is 11.2 Å². The monoisotopic (exact) mass is 412 g/mol. The number of aromatic nitrogens is 1. The van der Waals surface area contributed by atoms with Gasteiger partial charge in [-0.25, -0.2) is 4.98 Å². The summed E-state index contributed by atoms with van der Waals surface area (Å²) < 4.78 is 0. The minimum absolute atomic E-state index is 0.172. The van der Waals surface area contributed by atoms with Crippen LogP contribution in [-0.4, -0.2) is 34.7 Å². The number of nitriles is 1. The maximum absolute atomic E-state index is 12.6. The molecule has 4 rings (SSSR count). The van der Waals surface area contributed by atoms with E-state index in [1.807, 2.05) is 61.2 Å². The SMILES string of the molecule is Cc1cccc(C(=O)Nc2ccc(C)c(-c3cnc(N4CC(C)(O)C4)c(C#N)c3)c2)c1. The fraction of sp³-hybridized carbons (Fsp3) is 0.240. The largest absolute Gasteiger partial charge is 0.386 e. The van der Waals surface area contributed by atoms with E-state index >= 15 is 0 Å². The molecule has 1 fully saturated rings. The van der Waals surface area contributed by atoms with Crippen molar-refractivity contribution in [3.63, 3.8) is 0 Å². The highest BCUT2D eigenvalue weighted by atomic mass is 16.3. The van der Waals surface area contributed by atoms with Crippen molar-refractivity contribution in [2.45, 2.75) is 26.4 Å². The lowest BCUT2D eigenvalue weighted by molar-refractivity contribution is 0.0305. The molecule has 0 spiro atoms. The Hall–Kier alpha value is -3.69. The van der Waals surface area contributed by atoms with Crippen molar-refractivity contribution >= 4 is 17.4 Å². The van der Waals surface area contributed by atoms with Gasteiger partial charge in [-0.05, 0) is 62.2 Å². The second-order valence-electron chi connectivity index (χ2n) is 8.41. The molecule has 1 aromatic heterocycles. The molecule has 1 amide bonds. The van der Waals surface area contributed by atoms with Gasteiger partial charge in [-0.1, -0.05) is 23.8 Å². The van der Waals surface area contributed by atoms with Crippen molar-refractivity contribution in [1.29, 1.82) is 5.26 Å². The van der Waals surface area contributed by atoms with E-state index in [1.54, 1.807) is 19.2 Å². The zero-order valence-electron chi connectivity index (χ0n) is 17.8. The van der Waals surface area contributed by atoms with Crippen molar-refractivity contribution < 1.29 is 9.90 Å². The molecule has 2 heterocycles. The van der Waals surface area contributed by atoms with E-state index in [9.17, 15) is 15.2 Å².